The highest BCUT2D eigenvalue weighted by Crippen LogP contribution is 2.42. The number of nitrogens with one attached hydrogen (secondary N) is 2. The Labute approximate surface area is 152 Å². The fourth-order valence-electron chi connectivity index (χ4n) is 2.57. The van der Waals surface area contributed by atoms with Crippen LogP contribution in [-0.2, 0) is 0 Å². The van der Waals surface area contributed by atoms with Crippen molar-refractivity contribution in [2.24, 2.45) is 0 Å². The Balaban J connectivity index is 2.40. The van der Waals surface area contributed by atoms with Crippen molar-refractivity contribution in [1.29, 1.82) is 0 Å². The van der Waals surface area contributed by atoms with Gasteiger partial charge in [0.1, 0.15) is 10.8 Å². The minimum absolute atomic E-state index is 0.0825. The lowest BCUT2D eigenvalue weighted by atomic mass is 10.0. The first-order valence-corrected chi connectivity index (χ1v) is 7.88. The molecule has 0 bridgehead atoms. The van der Waals surface area contributed by atoms with Gasteiger partial charge in [0.15, 0.2) is 5.82 Å². The Kier molecular flexibility index (Phi) is 4.45. The number of anilines is 1. The molecule has 0 aliphatic heterocycles. The molecule has 0 aliphatic rings. The van der Waals surface area contributed by atoms with E-state index in [4.69, 9.17) is 33.7 Å². The predicted molar refractivity (Wildman–Crippen MR) is 98.4 cm³/mol. The number of nitrogen functional groups attached to an aromatic ring is 1. The number of rotatable bonds is 4. The average molecular weight is 382 g/mol. The van der Waals surface area contributed by atoms with E-state index < -0.39 is 5.82 Å². The second kappa shape index (κ2) is 6.42. The molecule has 0 saturated heterocycles. The molecule has 25 heavy (non-hydrogen) atoms. The third-order valence-electron chi connectivity index (χ3n) is 3.80. The SMILES string of the molecule is C=C(NC)c1c(OC)nc(-c2c(Cl)ccc3n[nH]c(Cl)c23)c(F)c1N. The molecule has 6 nitrogen and oxygen atoms in total. The minimum Gasteiger partial charge on any atom is -0.480 e. The zero-order valence-corrected chi connectivity index (χ0v) is 14.9. The van der Waals surface area contributed by atoms with Gasteiger partial charge in [0.05, 0.1) is 28.9 Å². The van der Waals surface area contributed by atoms with Gasteiger partial charge in [-0.25, -0.2) is 9.37 Å². The summed E-state index contributed by atoms with van der Waals surface area (Å²) in [5, 5.41) is 10.4. The number of pyridine rings is 1. The van der Waals surface area contributed by atoms with E-state index in [2.05, 4.69) is 27.1 Å². The van der Waals surface area contributed by atoms with Crippen LogP contribution in [-0.4, -0.2) is 29.3 Å². The van der Waals surface area contributed by atoms with Crippen molar-refractivity contribution < 1.29 is 9.13 Å². The van der Waals surface area contributed by atoms with Crippen LogP contribution in [0.1, 0.15) is 5.56 Å². The number of hydrogen-bond acceptors (Lipinski definition) is 5. The van der Waals surface area contributed by atoms with Gasteiger partial charge in [-0.05, 0) is 12.1 Å². The topological polar surface area (TPSA) is 88.8 Å². The van der Waals surface area contributed by atoms with E-state index in [-0.39, 0.29) is 38.6 Å². The van der Waals surface area contributed by atoms with Crippen LogP contribution in [0.15, 0.2) is 18.7 Å². The molecule has 0 aliphatic carbocycles. The van der Waals surface area contributed by atoms with Crippen LogP contribution in [0.3, 0.4) is 0 Å². The Morgan fingerprint density at radius 2 is 2.12 bits per heavy atom. The molecular formula is C16H14Cl2FN5O. The van der Waals surface area contributed by atoms with Crippen LogP contribution < -0.4 is 15.8 Å². The summed E-state index contributed by atoms with van der Waals surface area (Å²) in [5.74, 6) is -0.639. The minimum atomic E-state index is -0.751. The summed E-state index contributed by atoms with van der Waals surface area (Å²) < 4.78 is 20.3. The van der Waals surface area contributed by atoms with E-state index in [1.54, 1.807) is 19.2 Å². The summed E-state index contributed by atoms with van der Waals surface area (Å²) in [6, 6.07) is 3.25. The van der Waals surface area contributed by atoms with Crippen molar-refractivity contribution in [2.75, 3.05) is 19.9 Å². The first-order chi connectivity index (χ1) is 11.9. The standard InChI is InChI=1S/C16H14Cl2FN5O/c1-6(21-2)9-13(20)12(19)14(22-16(9)25-3)10-7(17)4-5-8-11(10)15(18)24-23-8/h4-5,21H,1H2,2-3H3,(H2,20,22)(H,23,24). The number of halogens is 3. The van der Waals surface area contributed by atoms with Gasteiger partial charge >= 0.3 is 0 Å². The van der Waals surface area contributed by atoms with Gasteiger partial charge in [-0.2, -0.15) is 5.10 Å². The van der Waals surface area contributed by atoms with Crippen LogP contribution in [0.2, 0.25) is 10.2 Å². The molecule has 130 valence electrons. The zero-order valence-electron chi connectivity index (χ0n) is 13.4. The maximum Gasteiger partial charge on any atom is 0.225 e. The first kappa shape index (κ1) is 17.3. The highest BCUT2D eigenvalue weighted by atomic mass is 35.5. The van der Waals surface area contributed by atoms with E-state index in [0.29, 0.717) is 16.6 Å². The van der Waals surface area contributed by atoms with E-state index in [9.17, 15) is 0 Å². The van der Waals surface area contributed by atoms with Crippen LogP contribution in [0.4, 0.5) is 10.1 Å². The van der Waals surface area contributed by atoms with Crippen LogP contribution in [0.5, 0.6) is 5.88 Å². The molecule has 3 rings (SSSR count). The molecule has 2 aromatic heterocycles. The summed E-state index contributed by atoms with van der Waals surface area (Å²) in [6.07, 6.45) is 0. The number of benzene rings is 1. The Hall–Kier alpha value is -2.51. The third-order valence-corrected chi connectivity index (χ3v) is 4.39. The second-order valence-corrected chi connectivity index (χ2v) is 5.94. The summed E-state index contributed by atoms with van der Waals surface area (Å²) in [6.45, 7) is 3.79. The van der Waals surface area contributed by atoms with Crippen LogP contribution >= 0.6 is 23.2 Å². The quantitative estimate of drug-likeness (QED) is 0.638. The van der Waals surface area contributed by atoms with Crippen molar-refractivity contribution in [1.82, 2.24) is 20.5 Å². The molecule has 0 saturated carbocycles. The van der Waals surface area contributed by atoms with E-state index >= 15 is 4.39 Å². The van der Waals surface area contributed by atoms with E-state index in [1.165, 1.54) is 7.11 Å². The average Bonchev–Trinajstić information content (AvgIpc) is 2.98. The fraction of sp³-hybridized carbons (Fsp3) is 0.125. The molecule has 4 N–H and O–H groups in total. The number of aromatic nitrogens is 3. The lowest BCUT2D eigenvalue weighted by Gasteiger charge is -2.16. The Morgan fingerprint density at radius 1 is 1.40 bits per heavy atom. The lowest BCUT2D eigenvalue weighted by molar-refractivity contribution is 0.395. The van der Waals surface area contributed by atoms with E-state index in [0.717, 1.165) is 0 Å². The molecule has 0 spiro atoms. The molecule has 3 aromatic rings. The molecule has 0 radical (unpaired) electrons. The predicted octanol–water partition coefficient (Wildman–Crippen LogP) is 3.85. The van der Waals surface area contributed by atoms with Gasteiger partial charge in [-0.15, -0.1) is 0 Å². The van der Waals surface area contributed by atoms with Gasteiger partial charge in [0, 0.05) is 23.7 Å². The van der Waals surface area contributed by atoms with Gasteiger partial charge < -0.3 is 15.8 Å². The smallest absolute Gasteiger partial charge is 0.225 e. The zero-order chi connectivity index (χ0) is 18.3. The van der Waals surface area contributed by atoms with Gasteiger partial charge in [-0.1, -0.05) is 29.8 Å². The highest BCUT2D eigenvalue weighted by molar-refractivity contribution is 6.39. The number of hydrogen-bond donors (Lipinski definition) is 3. The molecule has 0 amide bonds. The molecule has 0 atom stereocenters. The number of nitrogens with zero attached hydrogens (tertiary/aromatic N) is 2. The van der Waals surface area contributed by atoms with Crippen molar-refractivity contribution in [3.63, 3.8) is 0 Å². The monoisotopic (exact) mass is 381 g/mol. The molecular weight excluding hydrogens is 368 g/mol. The number of methoxy groups -OCH3 is 1. The van der Waals surface area contributed by atoms with Gasteiger partial charge in [0.2, 0.25) is 5.88 Å². The highest BCUT2D eigenvalue weighted by Gasteiger charge is 2.25. The largest absolute Gasteiger partial charge is 0.480 e. The molecule has 1 aromatic carbocycles. The van der Waals surface area contributed by atoms with Crippen LogP contribution in [0, 0.1) is 5.82 Å². The summed E-state index contributed by atoms with van der Waals surface area (Å²) in [4.78, 5) is 4.26. The number of ether oxygens (including phenoxy) is 1. The lowest BCUT2D eigenvalue weighted by Crippen LogP contribution is -2.11. The maximum atomic E-state index is 15.1. The summed E-state index contributed by atoms with van der Waals surface area (Å²) in [7, 11) is 3.04. The Morgan fingerprint density at radius 3 is 2.76 bits per heavy atom. The van der Waals surface area contributed by atoms with Crippen molar-refractivity contribution in [2.45, 2.75) is 0 Å². The first-order valence-electron chi connectivity index (χ1n) is 7.13. The van der Waals surface area contributed by atoms with Gasteiger partial charge in [-0.3, -0.25) is 5.10 Å². The van der Waals surface area contributed by atoms with E-state index in [1.807, 2.05) is 0 Å². The molecule has 9 heteroatoms. The molecule has 2 heterocycles. The van der Waals surface area contributed by atoms with Crippen molar-refractivity contribution in [3.05, 3.63) is 40.3 Å². The maximum absolute atomic E-state index is 15.1. The molecule has 0 unspecified atom stereocenters. The number of nitrogens with two attached hydrogens (primary N) is 1. The normalized spacial score (nSPS) is 10.9. The fourth-order valence-corrected chi connectivity index (χ4v) is 3.05. The van der Waals surface area contributed by atoms with Crippen LogP contribution in [0.25, 0.3) is 27.9 Å². The number of fused-ring (bicyclic) bond motifs is 1. The summed E-state index contributed by atoms with van der Waals surface area (Å²) >= 11 is 12.5. The molecule has 0 fully saturated rings. The van der Waals surface area contributed by atoms with Crippen molar-refractivity contribution in [3.8, 4) is 17.1 Å². The van der Waals surface area contributed by atoms with Gasteiger partial charge in [0.25, 0.3) is 0 Å². The number of H-pyrrole nitrogens is 1. The third kappa shape index (κ3) is 2.65. The van der Waals surface area contributed by atoms with Crippen molar-refractivity contribution >= 4 is 45.5 Å². The Bertz CT molecular complexity index is 1000. The number of aromatic amines is 1. The summed E-state index contributed by atoms with van der Waals surface area (Å²) in [5.41, 5.74) is 7.16. The second-order valence-electron chi connectivity index (χ2n) is 5.15.